The highest BCUT2D eigenvalue weighted by Crippen LogP contribution is 2.29. The van der Waals surface area contributed by atoms with Gasteiger partial charge in [-0.05, 0) is 37.1 Å². The molecule has 0 saturated carbocycles. The molecule has 1 nitrogen and oxygen atoms in total. The summed E-state index contributed by atoms with van der Waals surface area (Å²) in [6.07, 6.45) is 1.05. The van der Waals surface area contributed by atoms with E-state index < -0.39 is 11.7 Å². The zero-order valence-electron chi connectivity index (χ0n) is 11.3. The van der Waals surface area contributed by atoms with Crippen molar-refractivity contribution in [3.05, 3.63) is 65.2 Å². The summed E-state index contributed by atoms with van der Waals surface area (Å²) in [6.45, 7) is 1.95. The van der Waals surface area contributed by atoms with Gasteiger partial charge < -0.3 is 0 Å². The van der Waals surface area contributed by atoms with E-state index >= 15 is 0 Å². The monoisotopic (exact) mass is 287 g/mol. The van der Waals surface area contributed by atoms with Gasteiger partial charge >= 0.3 is 6.18 Å². The maximum Gasteiger partial charge on any atom is 0.416 e. The number of rotatable bonds is 2. The average Bonchev–Trinajstić information content (AvgIpc) is 2.46. The Kier molecular flexibility index (Phi) is 4.13. The number of aliphatic imine (C=N–C) groups is 1. The van der Waals surface area contributed by atoms with Gasteiger partial charge in [-0.3, -0.25) is 0 Å². The predicted octanol–water partition coefficient (Wildman–Crippen LogP) is 4.77. The molecule has 0 spiro atoms. The van der Waals surface area contributed by atoms with Crippen molar-refractivity contribution in [2.24, 2.45) is 4.99 Å². The Labute approximate surface area is 121 Å². The maximum absolute atomic E-state index is 12.5. The van der Waals surface area contributed by atoms with Crippen LogP contribution in [0.2, 0.25) is 0 Å². The molecule has 0 aromatic heterocycles. The van der Waals surface area contributed by atoms with Crippen molar-refractivity contribution in [3.8, 4) is 12.3 Å². The number of benzene rings is 2. The molecular formula is C17H12F3N. The first-order chi connectivity index (χ1) is 9.90. The Morgan fingerprint density at radius 2 is 1.57 bits per heavy atom. The SMILES string of the molecule is C#CC(=Nc1ccc(C)cc1)c1ccc(C(F)(F)F)cc1. The molecule has 4 heteroatoms. The maximum atomic E-state index is 12.5. The summed E-state index contributed by atoms with van der Waals surface area (Å²) < 4.78 is 37.6. The lowest BCUT2D eigenvalue weighted by atomic mass is 10.1. The summed E-state index contributed by atoms with van der Waals surface area (Å²) in [5.74, 6) is 2.41. The number of halogens is 3. The zero-order valence-corrected chi connectivity index (χ0v) is 11.3. The number of alkyl halides is 3. The largest absolute Gasteiger partial charge is 0.416 e. The highest BCUT2D eigenvalue weighted by atomic mass is 19.4. The fourth-order valence-electron chi connectivity index (χ4n) is 1.75. The molecular weight excluding hydrogens is 275 g/mol. The molecule has 0 bridgehead atoms. The lowest BCUT2D eigenvalue weighted by molar-refractivity contribution is -0.137. The minimum Gasteiger partial charge on any atom is -0.239 e. The quantitative estimate of drug-likeness (QED) is 0.557. The zero-order chi connectivity index (χ0) is 15.5. The molecule has 106 valence electrons. The van der Waals surface area contributed by atoms with Crippen molar-refractivity contribution >= 4 is 11.4 Å². The molecule has 0 atom stereocenters. The van der Waals surface area contributed by atoms with Gasteiger partial charge in [-0.1, -0.05) is 29.8 Å². The van der Waals surface area contributed by atoms with Gasteiger partial charge in [0.15, 0.2) is 0 Å². The third-order valence-electron chi connectivity index (χ3n) is 2.90. The van der Waals surface area contributed by atoms with E-state index in [1.54, 1.807) is 12.1 Å². The van der Waals surface area contributed by atoms with Crippen LogP contribution in [0.4, 0.5) is 18.9 Å². The predicted molar refractivity (Wildman–Crippen MR) is 77.7 cm³/mol. The van der Waals surface area contributed by atoms with Gasteiger partial charge in [0.1, 0.15) is 5.71 Å². The standard InChI is InChI=1S/C17H12F3N/c1-3-16(21-15-10-4-12(2)5-11-15)13-6-8-14(9-7-13)17(18,19)20/h1,4-11H,2H3. The number of aryl methyl sites for hydroxylation is 1. The van der Waals surface area contributed by atoms with Crippen molar-refractivity contribution in [2.75, 3.05) is 0 Å². The van der Waals surface area contributed by atoms with E-state index in [9.17, 15) is 13.2 Å². The van der Waals surface area contributed by atoms with Crippen molar-refractivity contribution in [2.45, 2.75) is 13.1 Å². The van der Waals surface area contributed by atoms with Crippen LogP contribution in [0.15, 0.2) is 53.5 Å². The molecule has 0 fully saturated rings. The summed E-state index contributed by atoms with van der Waals surface area (Å²) in [7, 11) is 0. The lowest BCUT2D eigenvalue weighted by Gasteiger charge is -2.07. The third-order valence-corrected chi connectivity index (χ3v) is 2.90. The number of nitrogens with zero attached hydrogens (tertiary/aromatic N) is 1. The Morgan fingerprint density at radius 3 is 2.05 bits per heavy atom. The highest BCUT2D eigenvalue weighted by molar-refractivity contribution is 6.13. The van der Waals surface area contributed by atoms with Crippen LogP contribution < -0.4 is 0 Å². The first-order valence-corrected chi connectivity index (χ1v) is 6.20. The number of hydrogen-bond acceptors (Lipinski definition) is 1. The van der Waals surface area contributed by atoms with Gasteiger partial charge in [0.25, 0.3) is 0 Å². The molecule has 0 N–H and O–H groups in total. The van der Waals surface area contributed by atoms with E-state index in [1.165, 1.54) is 12.1 Å². The van der Waals surface area contributed by atoms with Crippen LogP contribution in [0.3, 0.4) is 0 Å². The molecule has 21 heavy (non-hydrogen) atoms. The van der Waals surface area contributed by atoms with Crippen molar-refractivity contribution in [1.82, 2.24) is 0 Å². The Hall–Kier alpha value is -2.54. The van der Waals surface area contributed by atoms with Crippen LogP contribution in [-0.4, -0.2) is 5.71 Å². The average molecular weight is 287 g/mol. The summed E-state index contributed by atoms with van der Waals surface area (Å²) in [6, 6.07) is 12.0. The van der Waals surface area contributed by atoms with Gasteiger partial charge in [0.05, 0.1) is 11.3 Å². The molecule has 0 aliphatic rings. The van der Waals surface area contributed by atoms with Gasteiger partial charge in [0.2, 0.25) is 0 Å². The second-order valence-electron chi connectivity index (χ2n) is 4.52. The van der Waals surface area contributed by atoms with Crippen molar-refractivity contribution in [3.63, 3.8) is 0 Å². The minimum atomic E-state index is -4.36. The van der Waals surface area contributed by atoms with Gasteiger partial charge in [-0.2, -0.15) is 13.2 Å². The Balaban J connectivity index is 2.34. The molecule has 0 aliphatic heterocycles. The highest BCUT2D eigenvalue weighted by Gasteiger charge is 2.30. The summed E-state index contributed by atoms with van der Waals surface area (Å²) in [4.78, 5) is 4.28. The molecule has 0 heterocycles. The summed E-state index contributed by atoms with van der Waals surface area (Å²) >= 11 is 0. The van der Waals surface area contributed by atoms with Crippen LogP contribution >= 0.6 is 0 Å². The normalized spacial score (nSPS) is 12.0. The van der Waals surface area contributed by atoms with Crippen LogP contribution in [0.5, 0.6) is 0 Å². The molecule has 2 aromatic carbocycles. The molecule has 0 unspecified atom stereocenters. The minimum absolute atomic E-state index is 0.299. The van der Waals surface area contributed by atoms with Gasteiger partial charge in [-0.25, -0.2) is 4.99 Å². The summed E-state index contributed by atoms with van der Waals surface area (Å²) in [5, 5.41) is 0. The van der Waals surface area contributed by atoms with E-state index in [-0.39, 0.29) is 0 Å². The first-order valence-electron chi connectivity index (χ1n) is 6.20. The molecule has 0 amide bonds. The Bertz CT molecular complexity index is 687. The third kappa shape index (κ3) is 3.73. The van der Waals surface area contributed by atoms with Gasteiger partial charge in [-0.15, -0.1) is 6.42 Å². The van der Waals surface area contributed by atoms with Crippen molar-refractivity contribution < 1.29 is 13.2 Å². The molecule has 0 aliphatic carbocycles. The van der Waals surface area contributed by atoms with Crippen LogP contribution in [0, 0.1) is 19.3 Å². The number of hydrogen-bond donors (Lipinski definition) is 0. The lowest BCUT2D eigenvalue weighted by Crippen LogP contribution is -2.05. The van der Waals surface area contributed by atoms with Gasteiger partial charge in [0, 0.05) is 5.56 Å². The molecule has 2 rings (SSSR count). The van der Waals surface area contributed by atoms with E-state index in [4.69, 9.17) is 6.42 Å². The van der Waals surface area contributed by atoms with E-state index in [2.05, 4.69) is 10.9 Å². The first kappa shape index (κ1) is 14.9. The van der Waals surface area contributed by atoms with E-state index in [1.807, 2.05) is 19.1 Å². The summed E-state index contributed by atoms with van der Waals surface area (Å²) in [5.41, 5.74) is 1.82. The topological polar surface area (TPSA) is 12.4 Å². The Morgan fingerprint density at radius 1 is 1.00 bits per heavy atom. The fourth-order valence-corrected chi connectivity index (χ4v) is 1.75. The molecule has 2 aromatic rings. The van der Waals surface area contributed by atoms with E-state index in [0.717, 1.165) is 17.7 Å². The fraction of sp³-hybridized carbons (Fsp3) is 0.118. The smallest absolute Gasteiger partial charge is 0.239 e. The van der Waals surface area contributed by atoms with Crippen molar-refractivity contribution in [1.29, 1.82) is 0 Å². The second-order valence-corrected chi connectivity index (χ2v) is 4.52. The molecule has 0 radical (unpaired) electrons. The molecule has 0 saturated heterocycles. The number of terminal acetylenes is 1. The van der Waals surface area contributed by atoms with Crippen LogP contribution in [0.1, 0.15) is 16.7 Å². The van der Waals surface area contributed by atoms with E-state index in [0.29, 0.717) is 17.0 Å². The second kappa shape index (κ2) is 5.84. The van der Waals surface area contributed by atoms with Crippen LogP contribution in [-0.2, 0) is 6.18 Å². The van der Waals surface area contributed by atoms with Crippen LogP contribution in [0.25, 0.3) is 0 Å².